The van der Waals surface area contributed by atoms with E-state index in [0.29, 0.717) is 33.8 Å². The zero-order valence-electron chi connectivity index (χ0n) is 30.1. The molecule has 4 aromatic rings. The Bertz CT molecular complexity index is 1880. The van der Waals surface area contributed by atoms with Gasteiger partial charge in [0.1, 0.15) is 0 Å². The van der Waals surface area contributed by atoms with E-state index < -0.39 is 48.1 Å². The molecule has 2 fully saturated rings. The predicted octanol–water partition coefficient (Wildman–Crippen LogP) is 4.30. The summed E-state index contributed by atoms with van der Waals surface area (Å²) in [6.45, 7) is -1.38. The van der Waals surface area contributed by atoms with Crippen LogP contribution in [0.1, 0.15) is 46.7 Å². The van der Waals surface area contributed by atoms with Gasteiger partial charge in [-0.1, -0.05) is 24.3 Å². The molecular formula is C40H46O14. The van der Waals surface area contributed by atoms with Gasteiger partial charge in [0.25, 0.3) is 0 Å². The molecule has 2 aliphatic rings. The first-order chi connectivity index (χ1) is 26.2. The van der Waals surface area contributed by atoms with E-state index in [1.54, 1.807) is 54.6 Å². The van der Waals surface area contributed by atoms with E-state index in [1.165, 1.54) is 39.5 Å². The average molecular weight is 751 g/mol. The van der Waals surface area contributed by atoms with Crippen LogP contribution in [0.4, 0.5) is 0 Å². The van der Waals surface area contributed by atoms with Gasteiger partial charge in [0.15, 0.2) is 46.0 Å². The van der Waals surface area contributed by atoms with Gasteiger partial charge in [0.05, 0.1) is 45.7 Å². The number of aliphatic hydroxyl groups is 4. The maximum atomic E-state index is 10.7. The van der Waals surface area contributed by atoms with Gasteiger partial charge >= 0.3 is 0 Å². The molecule has 4 aromatic carbocycles. The minimum absolute atomic E-state index is 0.0292. The molecule has 2 heterocycles. The Morgan fingerprint density at radius 3 is 1.11 bits per heavy atom. The first-order valence-corrected chi connectivity index (χ1v) is 17.4. The van der Waals surface area contributed by atoms with Crippen LogP contribution in [0, 0.1) is 23.7 Å². The van der Waals surface area contributed by atoms with Crippen molar-refractivity contribution in [3.05, 3.63) is 95.1 Å². The quantitative estimate of drug-likeness (QED) is 0.0847. The number of ether oxygens (including phenoxy) is 7. The van der Waals surface area contributed by atoms with E-state index in [-0.39, 0.29) is 67.7 Å². The number of benzene rings is 4. The molecule has 0 saturated carbocycles. The van der Waals surface area contributed by atoms with Crippen LogP contribution in [0.15, 0.2) is 72.8 Å². The normalized spacial score (nSPS) is 25.0. The minimum atomic E-state index is -0.671. The number of aromatic hydroxyl groups is 3. The Labute approximate surface area is 312 Å². The molecule has 0 unspecified atom stereocenters. The second kappa shape index (κ2) is 17.0. The van der Waals surface area contributed by atoms with Crippen molar-refractivity contribution in [1.82, 2.24) is 0 Å². The fourth-order valence-corrected chi connectivity index (χ4v) is 7.55. The molecule has 6 rings (SSSR count). The molecule has 8 atom stereocenters. The fraction of sp³-hybridized carbons (Fsp3) is 0.400. The first kappa shape index (κ1) is 38.8. The van der Waals surface area contributed by atoms with Crippen LogP contribution in [0.3, 0.4) is 0 Å². The summed E-state index contributed by atoms with van der Waals surface area (Å²) >= 11 is 0. The van der Waals surface area contributed by atoms with Crippen molar-refractivity contribution in [2.45, 2.75) is 24.4 Å². The van der Waals surface area contributed by atoms with Gasteiger partial charge in [-0.2, -0.15) is 0 Å². The number of aliphatic hydroxyl groups excluding tert-OH is 4. The highest BCUT2D eigenvalue weighted by molar-refractivity contribution is 5.47. The molecule has 0 spiro atoms. The van der Waals surface area contributed by atoms with Gasteiger partial charge in [0.2, 0.25) is 6.79 Å². The molecule has 0 bridgehead atoms. The van der Waals surface area contributed by atoms with Gasteiger partial charge in [0, 0.05) is 50.1 Å². The largest absolute Gasteiger partial charge is 0.504 e. The molecule has 0 amide bonds. The summed E-state index contributed by atoms with van der Waals surface area (Å²) in [4.78, 5) is 0. The molecule has 2 aliphatic heterocycles. The van der Waals surface area contributed by atoms with Crippen molar-refractivity contribution in [3.8, 4) is 46.0 Å². The summed E-state index contributed by atoms with van der Waals surface area (Å²) in [7, 11) is 4.35. The highest BCUT2D eigenvalue weighted by atomic mass is 16.7. The van der Waals surface area contributed by atoms with Gasteiger partial charge < -0.3 is 68.9 Å². The monoisotopic (exact) mass is 750 g/mol. The van der Waals surface area contributed by atoms with Crippen LogP contribution in [-0.2, 0) is 9.47 Å². The second-order valence-corrected chi connectivity index (χ2v) is 13.2. The standard InChI is InChI=1S/C40H46O14/c1-48-33-12-21(4-8-29(33)45)37-25(16-41)27(18-43)39(53-37)23-6-10-31(47)35(14-23)52-20-51-32-11-7-24(15-36(32)50-3)40-28(19-44)26(17-42)38(54-40)22-5-9-30(46)34(13-22)49-2/h4-15,25-28,37-47H,16-20H2,1-3H3/t25-,26-,27-,28-,37+,38+,39+,40+/m1/s1. The SMILES string of the molecule is COc1cc([C@@H]2O[C@@H](c3ccc(O)c(OCOc4ccc([C@@H]5O[C@@H](c6ccc(O)c(OC)c6)[C@H](CO)[C@H]5CO)cc4OC)c3)[C@H](CO)[C@H]2CO)ccc1O. The minimum Gasteiger partial charge on any atom is -0.504 e. The summed E-state index contributed by atoms with van der Waals surface area (Å²) in [5, 5.41) is 72.2. The molecule has 54 heavy (non-hydrogen) atoms. The third-order valence-electron chi connectivity index (χ3n) is 10.4. The predicted molar refractivity (Wildman–Crippen MR) is 192 cm³/mol. The van der Waals surface area contributed by atoms with Crippen LogP contribution in [0.5, 0.6) is 46.0 Å². The molecule has 290 valence electrons. The van der Waals surface area contributed by atoms with Crippen molar-refractivity contribution in [1.29, 1.82) is 0 Å². The van der Waals surface area contributed by atoms with Crippen molar-refractivity contribution in [2.24, 2.45) is 23.7 Å². The van der Waals surface area contributed by atoms with Crippen molar-refractivity contribution < 1.29 is 68.9 Å². The number of rotatable bonds is 15. The Balaban J connectivity index is 1.16. The number of methoxy groups -OCH3 is 3. The van der Waals surface area contributed by atoms with E-state index in [1.807, 2.05) is 0 Å². The van der Waals surface area contributed by atoms with Gasteiger partial charge in [-0.25, -0.2) is 0 Å². The van der Waals surface area contributed by atoms with Gasteiger partial charge in [-0.15, -0.1) is 0 Å². The lowest BCUT2D eigenvalue weighted by atomic mass is 9.83. The zero-order valence-corrected chi connectivity index (χ0v) is 30.1. The molecule has 0 radical (unpaired) electrons. The fourth-order valence-electron chi connectivity index (χ4n) is 7.55. The maximum Gasteiger partial charge on any atom is 0.231 e. The van der Waals surface area contributed by atoms with Crippen molar-refractivity contribution in [3.63, 3.8) is 0 Å². The lowest BCUT2D eigenvalue weighted by Crippen LogP contribution is -2.23. The Morgan fingerprint density at radius 2 is 0.741 bits per heavy atom. The summed E-state index contributed by atoms with van der Waals surface area (Å²) in [5.41, 5.74) is 2.61. The van der Waals surface area contributed by atoms with Crippen LogP contribution in [-0.4, -0.2) is 90.3 Å². The Morgan fingerprint density at radius 1 is 0.426 bits per heavy atom. The zero-order chi connectivity index (χ0) is 38.5. The van der Waals surface area contributed by atoms with E-state index in [0.717, 1.165) is 0 Å². The lowest BCUT2D eigenvalue weighted by molar-refractivity contribution is 0.0178. The first-order valence-electron chi connectivity index (χ1n) is 17.4. The number of phenolic OH excluding ortho intramolecular Hbond substituents is 3. The summed E-state index contributed by atoms with van der Waals surface area (Å²) < 4.78 is 40.7. The highest BCUT2D eigenvalue weighted by Gasteiger charge is 2.46. The Hall–Kier alpha value is -4.96. The average Bonchev–Trinajstić information content (AvgIpc) is 3.77. The van der Waals surface area contributed by atoms with Crippen molar-refractivity contribution >= 4 is 0 Å². The highest BCUT2D eigenvalue weighted by Crippen LogP contribution is 2.52. The molecule has 14 nitrogen and oxygen atoms in total. The molecule has 7 N–H and O–H groups in total. The van der Waals surface area contributed by atoms with Gasteiger partial charge in [-0.05, 0) is 70.8 Å². The molecule has 0 aromatic heterocycles. The van der Waals surface area contributed by atoms with Crippen LogP contribution < -0.4 is 23.7 Å². The lowest BCUT2D eigenvalue weighted by Gasteiger charge is -2.22. The molecule has 14 heteroatoms. The third kappa shape index (κ3) is 7.53. The van der Waals surface area contributed by atoms with Crippen LogP contribution in [0.2, 0.25) is 0 Å². The third-order valence-corrected chi connectivity index (χ3v) is 10.4. The second-order valence-electron chi connectivity index (χ2n) is 13.2. The molecule has 2 saturated heterocycles. The molecule has 0 aliphatic carbocycles. The topological polar surface area (TPSA) is 206 Å². The summed E-state index contributed by atoms with van der Waals surface area (Å²) in [6, 6.07) is 19.5. The Kier molecular flexibility index (Phi) is 12.2. The van der Waals surface area contributed by atoms with E-state index in [9.17, 15) is 35.7 Å². The van der Waals surface area contributed by atoms with Crippen LogP contribution >= 0.6 is 0 Å². The van der Waals surface area contributed by atoms with Crippen molar-refractivity contribution in [2.75, 3.05) is 54.5 Å². The van der Waals surface area contributed by atoms with E-state index >= 15 is 0 Å². The number of hydrogen-bond acceptors (Lipinski definition) is 14. The smallest absolute Gasteiger partial charge is 0.231 e. The maximum absolute atomic E-state index is 10.7. The number of hydrogen-bond donors (Lipinski definition) is 7. The van der Waals surface area contributed by atoms with Crippen LogP contribution in [0.25, 0.3) is 0 Å². The molecular weight excluding hydrogens is 704 g/mol. The van der Waals surface area contributed by atoms with E-state index in [4.69, 9.17) is 33.2 Å². The number of phenols is 3. The summed E-state index contributed by atoms with van der Waals surface area (Å²) in [5.74, 6) is -0.843. The van der Waals surface area contributed by atoms with Gasteiger partial charge in [-0.3, -0.25) is 0 Å². The van der Waals surface area contributed by atoms with E-state index in [2.05, 4.69) is 0 Å². The summed E-state index contributed by atoms with van der Waals surface area (Å²) in [6.07, 6.45) is -2.50.